The van der Waals surface area contributed by atoms with Crippen molar-refractivity contribution in [3.63, 3.8) is 0 Å². The lowest BCUT2D eigenvalue weighted by Gasteiger charge is -2.18. The largest absolute Gasteiger partial charge is 0.456 e. The van der Waals surface area contributed by atoms with Crippen LogP contribution in [0.5, 0.6) is 0 Å². The average Bonchev–Trinajstić information content (AvgIpc) is 3.68. The molecule has 1 heteroatoms. The maximum atomic E-state index is 9.27. The third-order valence-corrected chi connectivity index (χ3v) is 9.16. The molecule has 1 heterocycles. The molecule has 0 amide bonds. The summed E-state index contributed by atoms with van der Waals surface area (Å²) in [5, 5.41) is 1.77. The lowest BCUT2D eigenvalue weighted by Crippen LogP contribution is -2.00. The summed E-state index contributed by atoms with van der Waals surface area (Å²) in [6.45, 7) is 0. The second-order valence-corrected chi connectivity index (χ2v) is 11.9. The van der Waals surface area contributed by atoms with Gasteiger partial charge in [0, 0.05) is 10.8 Å². The first kappa shape index (κ1) is 16.9. The zero-order valence-electron chi connectivity index (χ0n) is 40.8. The van der Waals surface area contributed by atoms with Crippen molar-refractivity contribution in [1.29, 1.82) is 0 Å². The fourth-order valence-electron chi connectivity index (χ4n) is 7.04. The van der Waals surface area contributed by atoms with E-state index in [0.29, 0.717) is 24.0 Å². The molecule has 8 aromatic carbocycles. The molecule has 0 bridgehead atoms. The van der Waals surface area contributed by atoms with Crippen LogP contribution >= 0.6 is 0 Å². The van der Waals surface area contributed by atoms with Crippen LogP contribution in [-0.4, -0.2) is 0 Å². The first-order valence-electron chi connectivity index (χ1n) is 23.5. The summed E-state index contributed by atoms with van der Waals surface area (Å²) in [6.07, 6.45) is 0.593. The van der Waals surface area contributed by atoms with Gasteiger partial charge in [0.05, 0.1) is 20.6 Å². The number of hydrogen-bond acceptors (Lipinski definition) is 1. The van der Waals surface area contributed by atoms with Gasteiger partial charge in [-0.15, -0.1) is 0 Å². The van der Waals surface area contributed by atoms with Crippen LogP contribution in [0.3, 0.4) is 0 Å². The number of aryl methyl sites for hydroxylation is 4. The number of furan rings is 1. The molecule has 230 valence electrons. The van der Waals surface area contributed by atoms with Crippen molar-refractivity contribution in [2.45, 2.75) is 32.1 Å². The minimum atomic E-state index is -0.601. The summed E-state index contributed by atoms with van der Waals surface area (Å²) < 4.78 is 138. The highest BCUT2D eigenvalue weighted by Crippen LogP contribution is 2.39. The Bertz CT molecular complexity index is 3340. The Morgan fingerprint density at radius 1 is 0.438 bits per heavy atom. The van der Waals surface area contributed by atoms with Crippen LogP contribution in [0.25, 0.3) is 65.4 Å². The lowest BCUT2D eigenvalue weighted by atomic mass is 9.86. The van der Waals surface area contributed by atoms with Gasteiger partial charge in [0.25, 0.3) is 0 Å². The lowest BCUT2D eigenvalue weighted by molar-refractivity contribution is 0.668. The van der Waals surface area contributed by atoms with Gasteiger partial charge in [-0.1, -0.05) is 145 Å². The van der Waals surface area contributed by atoms with E-state index in [9.17, 15) is 5.48 Å². The fourth-order valence-corrected chi connectivity index (χ4v) is 7.04. The SMILES string of the molecule is [2H]c1c([2H])c([2H])c2c(CCc3c4c([2H])c([2H])c([2H])c([2H])c4c(CCCc4cccc5oc6cccc(-c7ccccc7)c6c45)c4c([2H])c([2H])c([2H])c([2H])c34)c([2H])c([2H])c([2H])c2c1[2H]. The predicted octanol–water partition coefficient (Wildman–Crippen LogP) is 12.7. The van der Waals surface area contributed by atoms with Crippen LogP contribution in [0.2, 0.25) is 0 Å². The van der Waals surface area contributed by atoms with E-state index in [0.717, 1.165) is 33.0 Å². The Labute approximate surface area is 302 Å². The minimum absolute atomic E-state index is 0.00131. The van der Waals surface area contributed by atoms with Gasteiger partial charge in [0.15, 0.2) is 0 Å². The van der Waals surface area contributed by atoms with E-state index in [1.54, 1.807) is 0 Å². The highest BCUT2D eigenvalue weighted by Gasteiger charge is 2.17. The summed E-state index contributed by atoms with van der Waals surface area (Å²) >= 11 is 0. The van der Waals surface area contributed by atoms with Gasteiger partial charge >= 0.3 is 0 Å². The molecule has 1 nitrogen and oxygen atoms in total. The van der Waals surface area contributed by atoms with E-state index >= 15 is 0 Å². The minimum Gasteiger partial charge on any atom is -0.456 e. The normalized spacial score (nSPS) is 16.1. The standard InChI is InChI=1S/C47H36O/c1-2-14-33(15-3-1)37-26-13-29-45-47(37)46-35(20-12-28-44(46)48-45)19-11-27-42-38-22-6-8-24-40(38)43(41-25-9-7-23-39(41)42)31-30-34-18-10-17-32-16-4-5-21-36(32)34/h1-10,12-18,20-26,28-29H,11,19,27,30-31H2/i4D,5D,6D,7D,8D,9D,10D,16D,17D,18D,21D,22D,23D,24D,25D. The molecule has 9 rings (SSSR count). The quantitative estimate of drug-likeness (QED) is 0.152. The first-order chi connectivity index (χ1) is 30.1. The molecule has 0 saturated carbocycles. The van der Waals surface area contributed by atoms with Crippen LogP contribution < -0.4 is 0 Å². The maximum Gasteiger partial charge on any atom is 0.136 e. The Morgan fingerprint density at radius 3 is 1.77 bits per heavy atom. The van der Waals surface area contributed by atoms with Crippen LogP contribution in [0, 0.1) is 0 Å². The molecule has 0 saturated heterocycles. The van der Waals surface area contributed by atoms with E-state index < -0.39 is 78.6 Å². The Morgan fingerprint density at radius 2 is 1.04 bits per heavy atom. The van der Waals surface area contributed by atoms with Crippen LogP contribution in [0.1, 0.15) is 49.2 Å². The Hall–Kier alpha value is -5.66. The topological polar surface area (TPSA) is 13.1 Å². The van der Waals surface area contributed by atoms with Gasteiger partial charge in [-0.2, -0.15) is 0 Å². The second kappa shape index (κ2) is 12.2. The Kier molecular flexibility index (Phi) is 4.30. The monoisotopic (exact) mass is 631 g/mol. The summed E-state index contributed by atoms with van der Waals surface area (Å²) in [4.78, 5) is 0. The summed E-state index contributed by atoms with van der Waals surface area (Å²) in [6, 6.07) is 14.1. The molecule has 0 unspecified atom stereocenters. The van der Waals surface area contributed by atoms with Crippen LogP contribution in [-0.2, 0) is 25.7 Å². The van der Waals surface area contributed by atoms with E-state index in [2.05, 4.69) is 0 Å². The van der Waals surface area contributed by atoms with Crippen LogP contribution in [0.4, 0.5) is 0 Å². The third-order valence-electron chi connectivity index (χ3n) is 9.16. The van der Waals surface area contributed by atoms with Crippen molar-refractivity contribution >= 4 is 54.3 Å². The summed E-state index contributed by atoms with van der Waals surface area (Å²) in [7, 11) is 0. The van der Waals surface area contributed by atoms with Gasteiger partial charge < -0.3 is 4.42 Å². The van der Waals surface area contributed by atoms with Crippen molar-refractivity contribution in [2.24, 2.45) is 0 Å². The van der Waals surface area contributed by atoms with Gasteiger partial charge in [-0.05, 0) is 110 Å². The summed E-state index contributed by atoms with van der Waals surface area (Å²) in [5.41, 5.74) is 4.87. The van der Waals surface area contributed by atoms with Gasteiger partial charge in [-0.3, -0.25) is 0 Å². The first-order valence-corrected chi connectivity index (χ1v) is 16.0. The van der Waals surface area contributed by atoms with E-state index in [1.165, 1.54) is 0 Å². The molecule has 0 fully saturated rings. The molecule has 48 heavy (non-hydrogen) atoms. The molecule has 9 aromatic rings. The zero-order chi connectivity index (χ0) is 44.9. The molecule has 0 radical (unpaired) electrons. The predicted molar refractivity (Wildman–Crippen MR) is 204 cm³/mol. The van der Waals surface area contributed by atoms with Gasteiger partial charge in [0.1, 0.15) is 11.2 Å². The van der Waals surface area contributed by atoms with Crippen molar-refractivity contribution in [3.05, 3.63) is 180 Å². The van der Waals surface area contributed by atoms with E-state index in [4.69, 9.17) is 19.5 Å². The van der Waals surface area contributed by atoms with E-state index in [-0.39, 0.29) is 74.8 Å². The molecular formula is C47H36O. The highest BCUT2D eigenvalue weighted by atomic mass is 16.3. The third kappa shape index (κ3) is 4.95. The van der Waals surface area contributed by atoms with Crippen molar-refractivity contribution in [1.82, 2.24) is 0 Å². The van der Waals surface area contributed by atoms with Gasteiger partial charge in [-0.25, -0.2) is 0 Å². The number of hydrogen-bond donors (Lipinski definition) is 0. The number of benzene rings is 8. The molecule has 0 aliphatic heterocycles. The van der Waals surface area contributed by atoms with E-state index in [1.807, 2.05) is 66.7 Å². The smallest absolute Gasteiger partial charge is 0.136 e. The second-order valence-electron chi connectivity index (χ2n) is 11.9. The Balaban J connectivity index is 1.24. The fraction of sp³-hybridized carbons (Fsp3) is 0.106. The number of fused-ring (bicyclic) bond motifs is 6. The maximum absolute atomic E-state index is 9.27. The van der Waals surface area contributed by atoms with Gasteiger partial charge in [0.2, 0.25) is 0 Å². The average molecular weight is 632 g/mol. The molecule has 0 spiro atoms. The zero-order valence-corrected chi connectivity index (χ0v) is 25.8. The molecule has 0 aliphatic carbocycles. The number of rotatable bonds is 8. The molecule has 0 N–H and O–H groups in total. The molecule has 0 aliphatic rings. The van der Waals surface area contributed by atoms with Crippen molar-refractivity contribution in [2.75, 3.05) is 0 Å². The van der Waals surface area contributed by atoms with Crippen molar-refractivity contribution in [3.8, 4) is 11.1 Å². The molecule has 0 atom stereocenters. The molecule has 1 aromatic heterocycles. The van der Waals surface area contributed by atoms with Crippen LogP contribution in [0.15, 0.2) is 162 Å². The molecular weight excluding hydrogens is 581 g/mol. The highest BCUT2D eigenvalue weighted by molar-refractivity contribution is 6.13. The summed E-state index contributed by atoms with van der Waals surface area (Å²) in [5.74, 6) is 0. The van der Waals surface area contributed by atoms with Crippen molar-refractivity contribution < 1.29 is 25.0 Å².